The lowest BCUT2D eigenvalue weighted by atomic mass is 10.1. The van der Waals surface area contributed by atoms with Crippen molar-refractivity contribution in [2.45, 2.75) is 26.4 Å². The van der Waals surface area contributed by atoms with Gasteiger partial charge in [0.15, 0.2) is 6.10 Å². The van der Waals surface area contributed by atoms with E-state index in [1.54, 1.807) is 48.7 Å². The molecule has 6 nitrogen and oxygen atoms in total. The van der Waals surface area contributed by atoms with Gasteiger partial charge in [-0.15, -0.1) is 0 Å². The van der Waals surface area contributed by atoms with Gasteiger partial charge in [-0.25, -0.2) is 4.39 Å². The fraction of sp³-hybridized carbons (Fsp3) is 0.182. The third-order valence-corrected chi connectivity index (χ3v) is 5.01. The van der Waals surface area contributed by atoms with E-state index in [9.17, 15) is 14.0 Å². The normalized spacial score (nSPS) is 14.8. The minimum absolute atomic E-state index is 0.349. The maximum atomic E-state index is 14.2. The molecular formula is C22H20FN3O3. The summed E-state index contributed by atoms with van der Waals surface area (Å²) in [4.78, 5) is 25.0. The molecule has 0 aliphatic carbocycles. The average Bonchev–Trinajstić information content (AvgIpc) is 3.27. The largest absolute Gasteiger partial charge is 0.480 e. The third kappa shape index (κ3) is 3.47. The van der Waals surface area contributed by atoms with E-state index in [-0.39, 0.29) is 5.82 Å². The highest BCUT2D eigenvalue weighted by molar-refractivity contribution is 5.97. The van der Waals surface area contributed by atoms with Crippen LogP contribution in [0.3, 0.4) is 0 Å². The maximum absolute atomic E-state index is 14.2. The van der Waals surface area contributed by atoms with Crippen molar-refractivity contribution in [2.24, 2.45) is 0 Å². The summed E-state index contributed by atoms with van der Waals surface area (Å²) < 4.78 is 21.5. The van der Waals surface area contributed by atoms with Crippen molar-refractivity contribution < 1.29 is 18.7 Å². The molecule has 1 aliphatic rings. The number of aryl methyl sites for hydroxylation is 1. The van der Waals surface area contributed by atoms with E-state index in [1.807, 2.05) is 18.2 Å². The minimum Gasteiger partial charge on any atom is -0.480 e. The molecule has 2 heterocycles. The number of rotatable bonds is 3. The molecule has 0 saturated heterocycles. The Balaban J connectivity index is 1.45. The van der Waals surface area contributed by atoms with Gasteiger partial charge in [0.1, 0.15) is 11.6 Å². The van der Waals surface area contributed by atoms with E-state index in [1.165, 1.54) is 6.07 Å². The fourth-order valence-electron chi connectivity index (χ4n) is 3.59. The molecule has 0 fully saturated rings. The summed E-state index contributed by atoms with van der Waals surface area (Å²) in [6.07, 6.45) is -0.252. The lowest BCUT2D eigenvalue weighted by Gasteiger charge is -2.13. The van der Waals surface area contributed by atoms with E-state index >= 15 is 0 Å². The number of carbonyl (C=O) groups excluding carboxylic acids is 2. The molecule has 1 unspecified atom stereocenters. The second-order valence-corrected chi connectivity index (χ2v) is 6.93. The zero-order chi connectivity index (χ0) is 20.5. The SMILES string of the molecule is Cc1cc(C(=O)NNC(=O)C2Cc3ccccc3O2)c(C)n1-c1ccccc1F. The lowest BCUT2D eigenvalue weighted by Crippen LogP contribution is -2.47. The number of hydrogen-bond donors (Lipinski definition) is 2. The Labute approximate surface area is 167 Å². The zero-order valence-electron chi connectivity index (χ0n) is 16.0. The van der Waals surface area contributed by atoms with Crippen molar-refractivity contribution in [2.75, 3.05) is 0 Å². The van der Waals surface area contributed by atoms with Gasteiger partial charge < -0.3 is 9.30 Å². The molecule has 148 valence electrons. The van der Waals surface area contributed by atoms with Gasteiger partial charge in [-0.05, 0) is 43.7 Å². The van der Waals surface area contributed by atoms with E-state index in [0.29, 0.717) is 34.8 Å². The molecule has 0 spiro atoms. The number of nitrogens with zero attached hydrogens (tertiary/aromatic N) is 1. The Morgan fingerprint density at radius 1 is 1.07 bits per heavy atom. The van der Waals surface area contributed by atoms with Crippen LogP contribution in [0.15, 0.2) is 54.6 Å². The van der Waals surface area contributed by atoms with Crippen LogP contribution >= 0.6 is 0 Å². The number of benzene rings is 2. The minimum atomic E-state index is -0.696. The number of carbonyl (C=O) groups is 2. The Bertz CT molecular complexity index is 1080. The van der Waals surface area contributed by atoms with Gasteiger partial charge in [0.2, 0.25) is 0 Å². The standard InChI is InChI=1S/C22H20FN3O3/c1-13-11-16(14(2)26(13)18-9-5-4-8-17(18)23)21(27)24-25-22(28)20-12-15-7-3-6-10-19(15)29-20/h3-11,20H,12H2,1-2H3,(H,24,27)(H,25,28). The number of hydrogen-bond acceptors (Lipinski definition) is 3. The van der Waals surface area contributed by atoms with Crippen molar-refractivity contribution in [3.05, 3.63) is 82.9 Å². The summed E-state index contributed by atoms with van der Waals surface area (Å²) in [5.74, 6) is -0.623. The first kappa shape index (κ1) is 18.7. The molecule has 0 saturated carbocycles. The Morgan fingerprint density at radius 3 is 2.55 bits per heavy atom. The number of aromatic nitrogens is 1. The van der Waals surface area contributed by atoms with Crippen molar-refractivity contribution in [1.82, 2.24) is 15.4 Å². The van der Waals surface area contributed by atoms with E-state index < -0.39 is 17.9 Å². The van der Waals surface area contributed by atoms with E-state index in [2.05, 4.69) is 10.9 Å². The second kappa shape index (κ2) is 7.43. The van der Waals surface area contributed by atoms with Crippen LogP contribution in [0.2, 0.25) is 0 Å². The number of fused-ring (bicyclic) bond motifs is 1. The highest BCUT2D eigenvalue weighted by Gasteiger charge is 2.29. The Morgan fingerprint density at radius 2 is 1.79 bits per heavy atom. The van der Waals surface area contributed by atoms with Crippen molar-refractivity contribution in [1.29, 1.82) is 0 Å². The van der Waals surface area contributed by atoms with Crippen LogP contribution in [-0.4, -0.2) is 22.5 Å². The first-order valence-electron chi connectivity index (χ1n) is 9.24. The second-order valence-electron chi connectivity index (χ2n) is 6.93. The smallest absolute Gasteiger partial charge is 0.279 e. The van der Waals surface area contributed by atoms with Crippen LogP contribution in [0.5, 0.6) is 5.75 Å². The highest BCUT2D eigenvalue weighted by atomic mass is 19.1. The topological polar surface area (TPSA) is 72.4 Å². The van der Waals surface area contributed by atoms with Crippen LogP contribution in [0, 0.1) is 19.7 Å². The van der Waals surface area contributed by atoms with Gasteiger partial charge >= 0.3 is 0 Å². The molecule has 7 heteroatoms. The molecule has 4 rings (SSSR count). The molecular weight excluding hydrogens is 373 g/mol. The molecule has 1 aliphatic heterocycles. The van der Waals surface area contributed by atoms with Gasteiger partial charge in [0.05, 0.1) is 11.3 Å². The highest BCUT2D eigenvalue weighted by Crippen LogP contribution is 2.28. The maximum Gasteiger partial charge on any atom is 0.279 e. The number of amides is 2. The van der Waals surface area contributed by atoms with Crippen LogP contribution in [0.4, 0.5) is 4.39 Å². The predicted molar refractivity (Wildman–Crippen MR) is 105 cm³/mol. The average molecular weight is 393 g/mol. The summed E-state index contributed by atoms with van der Waals surface area (Å²) in [7, 11) is 0. The Kier molecular flexibility index (Phi) is 4.80. The molecule has 0 radical (unpaired) electrons. The quantitative estimate of drug-likeness (QED) is 0.672. The third-order valence-electron chi connectivity index (χ3n) is 5.01. The first-order chi connectivity index (χ1) is 14.0. The molecule has 2 aromatic carbocycles. The molecule has 2 amide bonds. The zero-order valence-corrected chi connectivity index (χ0v) is 16.0. The van der Waals surface area contributed by atoms with Crippen LogP contribution in [0.1, 0.15) is 27.3 Å². The van der Waals surface area contributed by atoms with Crippen LogP contribution in [-0.2, 0) is 11.2 Å². The molecule has 3 aromatic rings. The van der Waals surface area contributed by atoms with Crippen LogP contribution in [0.25, 0.3) is 5.69 Å². The fourth-order valence-corrected chi connectivity index (χ4v) is 3.59. The number of ether oxygens (including phenoxy) is 1. The lowest BCUT2D eigenvalue weighted by molar-refractivity contribution is -0.128. The Hall–Kier alpha value is -3.61. The van der Waals surface area contributed by atoms with Gasteiger partial charge in [-0.3, -0.25) is 20.4 Å². The van der Waals surface area contributed by atoms with Crippen LogP contribution < -0.4 is 15.6 Å². The summed E-state index contributed by atoms with van der Waals surface area (Å²) in [6, 6.07) is 15.4. The van der Waals surface area contributed by atoms with Gasteiger partial charge in [-0.1, -0.05) is 30.3 Å². The van der Waals surface area contributed by atoms with Gasteiger partial charge in [0, 0.05) is 17.8 Å². The van der Waals surface area contributed by atoms with E-state index in [4.69, 9.17) is 4.74 Å². The van der Waals surface area contributed by atoms with E-state index in [0.717, 1.165) is 5.56 Å². The van der Waals surface area contributed by atoms with Crippen molar-refractivity contribution >= 4 is 11.8 Å². The monoisotopic (exact) mass is 393 g/mol. The number of hydrazine groups is 1. The van der Waals surface area contributed by atoms with Gasteiger partial charge in [-0.2, -0.15) is 0 Å². The van der Waals surface area contributed by atoms with Gasteiger partial charge in [0.25, 0.3) is 11.8 Å². The van der Waals surface area contributed by atoms with Crippen molar-refractivity contribution in [3.8, 4) is 11.4 Å². The number of halogens is 1. The molecule has 29 heavy (non-hydrogen) atoms. The predicted octanol–water partition coefficient (Wildman–Crippen LogP) is 3.00. The van der Waals surface area contributed by atoms with Crippen molar-refractivity contribution in [3.63, 3.8) is 0 Å². The number of para-hydroxylation sites is 2. The molecule has 1 aromatic heterocycles. The first-order valence-corrected chi connectivity index (χ1v) is 9.24. The summed E-state index contributed by atoms with van der Waals surface area (Å²) in [6.45, 7) is 3.52. The summed E-state index contributed by atoms with van der Waals surface area (Å²) in [5.41, 5.74) is 7.79. The molecule has 0 bridgehead atoms. The summed E-state index contributed by atoms with van der Waals surface area (Å²) in [5, 5.41) is 0. The molecule has 1 atom stereocenters. The number of nitrogens with one attached hydrogen (secondary N) is 2. The summed E-state index contributed by atoms with van der Waals surface area (Å²) >= 11 is 0. The molecule has 2 N–H and O–H groups in total.